The summed E-state index contributed by atoms with van der Waals surface area (Å²) < 4.78 is 10.7. The van der Waals surface area contributed by atoms with Gasteiger partial charge in [0, 0.05) is 12.0 Å². The molecule has 0 aliphatic carbocycles. The average molecular weight is 289 g/mol. The lowest BCUT2D eigenvalue weighted by Gasteiger charge is -2.08. The second kappa shape index (κ2) is 7.69. The zero-order valence-electron chi connectivity index (χ0n) is 12.7. The molecule has 0 saturated carbocycles. The lowest BCUT2D eigenvalue weighted by molar-refractivity contribution is 0.404. The first kappa shape index (κ1) is 15.4. The minimum Gasteiger partial charge on any atom is -0.497 e. The van der Waals surface area contributed by atoms with E-state index in [2.05, 4.69) is 9.97 Å². The Morgan fingerprint density at radius 2 is 2.00 bits per heavy atom. The fraction of sp³-hybridized carbons (Fsp3) is 0.438. The number of aryl methyl sites for hydroxylation is 1. The Balaban J connectivity index is 2.13. The number of hydrogen-bond acceptors (Lipinski definition) is 4. The maximum atomic E-state index is 5.50. The number of unbranched alkanes of at least 4 members (excludes halogenated alkanes) is 2. The van der Waals surface area contributed by atoms with E-state index in [-0.39, 0.29) is 0 Å². The van der Waals surface area contributed by atoms with E-state index in [4.69, 9.17) is 15.2 Å². The summed E-state index contributed by atoms with van der Waals surface area (Å²) in [5.41, 5.74) is 7.40. The third kappa shape index (κ3) is 3.98. The number of aromatic amines is 1. The van der Waals surface area contributed by atoms with Crippen molar-refractivity contribution in [2.45, 2.75) is 25.7 Å². The van der Waals surface area contributed by atoms with Crippen LogP contribution in [0.3, 0.4) is 0 Å². The van der Waals surface area contributed by atoms with E-state index < -0.39 is 0 Å². The van der Waals surface area contributed by atoms with Crippen LogP contribution in [-0.2, 0) is 6.42 Å². The van der Waals surface area contributed by atoms with Crippen LogP contribution in [0, 0.1) is 0 Å². The first-order chi connectivity index (χ1) is 10.3. The maximum absolute atomic E-state index is 5.50. The van der Waals surface area contributed by atoms with Gasteiger partial charge in [-0.25, -0.2) is 4.98 Å². The van der Waals surface area contributed by atoms with Gasteiger partial charge in [0.15, 0.2) is 0 Å². The topological polar surface area (TPSA) is 73.2 Å². The molecular formula is C16H23N3O2. The minimum atomic E-state index is 0.754. The smallest absolute Gasteiger partial charge is 0.128 e. The van der Waals surface area contributed by atoms with E-state index in [1.807, 2.05) is 24.4 Å². The van der Waals surface area contributed by atoms with Gasteiger partial charge in [0.25, 0.3) is 0 Å². The number of rotatable bonds is 8. The van der Waals surface area contributed by atoms with E-state index in [1.54, 1.807) is 14.2 Å². The van der Waals surface area contributed by atoms with E-state index in [0.717, 1.165) is 60.8 Å². The highest BCUT2D eigenvalue weighted by atomic mass is 16.5. The Labute approximate surface area is 125 Å². The number of ether oxygens (including phenoxy) is 2. The van der Waals surface area contributed by atoms with Crippen molar-refractivity contribution in [3.63, 3.8) is 0 Å². The first-order valence-corrected chi connectivity index (χ1v) is 7.25. The largest absolute Gasteiger partial charge is 0.497 e. The molecule has 0 saturated heterocycles. The molecule has 0 aliphatic rings. The standard InChI is InChI=1S/C16H23N3O2/c1-20-12-7-8-15(21-2)13(10-12)14-11-18-16(19-14)6-4-3-5-9-17/h7-8,10-11H,3-6,9,17H2,1-2H3,(H,18,19). The normalized spacial score (nSPS) is 10.6. The molecule has 0 spiro atoms. The lowest BCUT2D eigenvalue weighted by atomic mass is 10.1. The maximum Gasteiger partial charge on any atom is 0.128 e. The van der Waals surface area contributed by atoms with Crippen molar-refractivity contribution in [2.24, 2.45) is 5.73 Å². The monoisotopic (exact) mass is 289 g/mol. The molecule has 5 heteroatoms. The summed E-state index contributed by atoms with van der Waals surface area (Å²) in [7, 11) is 3.32. The van der Waals surface area contributed by atoms with E-state index in [0.29, 0.717) is 0 Å². The Bertz CT molecular complexity index is 566. The zero-order chi connectivity index (χ0) is 15.1. The van der Waals surface area contributed by atoms with Crippen molar-refractivity contribution >= 4 is 0 Å². The number of hydrogen-bond donors (Lipinski definition) is 2. The van der Waals surface area contributed by atoms with Crippen LogP contribution in [0.25, 0.3) is 11.3 Å². The molecule has 1 aromatic carbocycles. The van der Waals surface area contributed by atoms with Gasteiger partial charge in [0.2, 0.25) is 0 Å². The molecule has 1 heterocycles. The van der Waals surface area contributed by atoms with Gasteiger partial charge in [-0.3, -0.25) is 0 Å². The molecule has 0 aliphatic heterocycles. The predicted molar refractivity (Wildman–Crippen MR) is 83.7 cm³/mol. The summed E-state index contributed by atoms with van der Waals surface area (Å²) in [5.74, 6) is 2.59. The van der Waals surface area contributed by atoms with Gasteiger partial charge in [-0.2, -0.15) is 0 Å². The zero-order valence-corrected chi connectivity index (χ0v) is 12.7. The number of nitrogens with two attached hydrogens (primary N) is 1. The highest BCUT2D eigenvalue weighted by Crippen LogP contribution is 2.32. The number of nitrogens with one attached hydrogen (secondary N) is 1. The summed E-state index contributed by atoms with van der Waals surface area (Å²) in [6.07, 6.45) is 6.08. The van der Waals surface area contributed by atoms with Crippen LogP contribution in [0.5, 0.6) is 11.5 Å². The Morgan fingerprint density at radius 1 is 1.14 bits per heavy atom. The molecule has 0 amide bonds. The molecule has 5 nitrogen and oxygen atoms in total. The molecule has 2 aromatic rings. The summed E-state index contributed by atoms with van der Waals surface area (Å²) in [5, 5.41) is 0. The lowest BCUT2D eigenvalue weighted by Crippen LogP contribution is -1.98. The Kier molecular flexibility index (Phi) is 5.63. The van der Waals surface area contributed by atoms with Crippen molar-refractivity contribution in [3.8, 4) is 22.8 Å². The fourth-order valence-electron chi connectivity index (χ4n) is 2.26. The summed E-state index contributed by atoms with van der Waals surface area (Å²) in [6.45, 7) is 0.754. The molecular weight excluding hydrogens is 266 g/mol. The van der Waals surface area contributed by atoms with Crippen LogP contribution in [0.15, 0.2) is 24.4 Å². The van der Waals surface area contributed by atoms with Crippen LogP contribution >= 0.6 is 0 Å². The summed E-state index contributed by atoms with van der Waals surface area (Å²) >= 11 is 0. The SMILES string of the molecule is COc1ccc(OC)c(-c2cnc(CCCCCN)[nH]2)c1. The van der Waals surface area contributed by atoms with Crippen LogP contribution in [-0.4, -0.2) is 30.7 Å². The highest BCUT2D eigenvalue weighted by Gasteiger charge is 2.10. The number of benzene rings is 1. The number of H-pyrrole nitrogens is 1. The molecule has 2 rings (SSSR count). The van der Waals surface area contributed by atoms with Gasteiger partial charge in [-0.1, -0.05) is 6.42 Å². The van der Waals surface area contributed by atoms with Crippen LogP contribution < -0.4 is 15.2 Å². The second-order valence-electron chi connectivity index (χ2n) is 4.91. The van der Waals surface area contributed by atoms with Gasteiger partial charge in [-0.05, 0) is 37.6 Å². The quantitative estimate of drug-likeness (QED) is 0.733. The molecule has 3 N–H and O–H groups in total. The third-order valence-electron chi connectivity index (χ3n) is 3.44. The number of methoxy groups -OCH3 is 2. The van der Waals surface area contributed by atoms with E-state index >= 15 is 0 Å². The van der Waals surface area contributed by atoms with Crippen LogP contribution in [0.4, 0.5) is 0 Å². The van der Waals surface area contributed by atoms with Crippen LogP contribution in [0.2, 0.25) is 0 Å². The van der Waals surface area contributed by atoms with Gasteiger partial charge in [0.05, 0.1) is 26.1 Å². The van der Waals surface area contributed by atoms with Gasteiger partial charge >= 0.3 is 0 Å². The molecule has 0 unspecified atom stereocenters. The Hall–Kier alpha value is -2.01. The molecule has 0 atom stereocenters. The van der Waals surface area contributed by atoms with E-state index in [1.165, 1.54) is 0 Å². The minimum absolute atomic E-state index is 0.754. The number of aromatic nitrogens is 2. The summed E-state index contributed by atoms with van der Waals surface area (Å²) in [6, 6.07) is 5.73. The number of imidazole rings is 1. The predicted octanol–water partition coefficient (Wildman–Crippen LogP) is 2.77. The molecule has 0 fully saturated rings. The van der Waals surface area contributed by atoms with Crippen LogP contribution in [0.1, 0.15) is 25.1 Å². The fourth-order valence-corrected chi connectivity index (χ4v) is 2.26. The highest BCUT2D eigenvalue weighted by molar-refractivity contribution is 5.68. The molecule has 1 aromatic heterocycles. The van der Waals surface area contributed by atoms with Crippen molar-refractivity contribution in [1.29, 1.82) is 0 Å². The molecule has 0 radical (unpaired) electrons. The molecule has 21 heavy (non-hydrogen) atoms. The summed E-state index contributed by atoms with van der Waals surface area (Å²) in [4.78, 5) is 7.79. The molecule has 114 valence electrons. The van der Waals surface area contributed by atoms with Crippen molar-refractivity contribution in [1.82, 2.24) is 9.97 Å². The van der Waals surface area contributed by atoms with Crippen molar-refractivity contribution in [2.75, 3.05) is 20.8 Å². The third-order valence-corrected chi connectivity index (χ3v) is 3.44. The van der Waals surface area contributed by atoms with Gasteiger partial charge in [-0.15, -0.1) is 0 Å². The number of nitrogens with zero attached hydrogens (tertiary/aromatic N) is 1. The first-order valence-electron chi connectivity index (χ1n) is 7.25. The second-order valence-corrected chi connectivity index (χ2v) is 4.91. The van der Waals surface area contributed by atoms with Crippen molar-refractivity contribution < 1.29 is 9.47 Å². The van der Waals surface area contributed by atoms with Gasteiger partial charge in [0.1, 0.15) is 17.3 Å². The average Bonchev–Trinajstić information content (AvgIpc) is 2.99. The Morgan fingerprint density at radius 3 is 2.71 bits per heavy atom. The van der Waals surface area contributed by atoms with E-state index in [9.17, 15) is 0 Å². The molecule has 0 bridgehead atoms. The van der Waals surface area contributed by atoms with Crippen molar-refractivity contribution in [3.05, 3.63) is 30.2 Å². The van der Waals surface area contributed by atoms with Gasteiger partial charge < -0.3 is 20.2 Å².